The van der Waals surface area contributed by atoms with Crippen molar-refractivity contribution in [3.63, 3.8) is 0 Å². The molecule has 1 aliphatic rings. The molecule has 6 nitrogen and oxygen atoms in total. The van der Waals surface area contributed by atoms with Crippen LogP contribution in [0.2, 0.25) is 0 Å². The highest BCUT2D eigenvalue weighted by molar-refractivity contribution is 7.07. The summed E-state index contributed by atoms with van der Waals surface area (Å²) in [6, 6.07) is 18.0. The van der Waals surface area contributed by atoms with Crippen LogP contribution < -0.4 is 20.5 Å². The predicted molar refractivity (Wildman–Crippen MR) is 144 cm³/mol. The van der Waals surface area contributed by atoms with Gasteiger partial charge in [-0.3, -0.25) is 9.36 Å². The van der Waals surface area contributed by atoms with E-state index in [1.807, 2.05) is 48.5 Å². The minimum absolute atomic E-state index is 0.00941. The first kappa shape index (κ1) is 25.2. The van der Waals surface area contributed by atoms with Gasteiger partial charge in [0.25, 0.3) is 5.56 Å². The van der Waals surface area contributed by atoms with Gasteiger partial charge in [-0.1, -0.05) is 76.2 Å². The number of rotatable bonds is 5. The minimum atomic E-state index is -0.736. The summed E-state index contributed by atoms with van der Waals surface area (Å²) >= 11 is 1.20. The number of aromatic nitrogens is 1. The number of benzene rings is 2. The topological polar surface area (TPSA) is 98.1 Å². The number of esters is 1. The van der Waals surface area contributed by atoms with Gasteiger partial charge in [-0.05, 0) is 40.2 Å². The quantitative estimate of drug-likeness (QED) is 0.539. The number of carbonyl (C=O) groups excluding carboxylic acids is 1. The van der Waals surface area contributed by atoms with E-state index in [1.54, 1.807) is 6.08 Å². The SMILES string of the molecule is COC(=O)C1=C(N)n2c(s/c(=C/c3ccc(C(C)C)cc3)c2=O)=C(C#N)[C@H]1c1ccc(C(C)C)cc1. The molecule has 3 aromatic rings. The Balaban J connectivity index is 1.98. The van der Waals surface area contributed by atoms with Crippen LogP contribution in [0.25, 0.3) is 17.5 Å². The number of methoxy groups -OCH3 is 1. The van der Waals surface area contributed by atoms with Gasteiger partial charge in [-0.15, -0.1) is 11.3 Å². The Hall–Kier alpha value is -3.89. The lowest BCUT2D eigenvalue weighted by Gasteiger charge is -2.25. The third kappa shape index (κ3) is 4.40. The van der Waals surface area contributed by atoms with Crippen LogP contribution in [0.3, 0.4) is 0 Å². The van der Waals surface area contributed by atoms with Crippen molar-refractivity contribution in [3.05, 3.63) is 95.9 Å². The molecule has 0 radical (unpaired) electrons. The predicted octanol–water partition coefficient (Wildman–Crippen LogP) is 3.76. The van der Waals surface area contributed by atoms with Crippen LogP contribution in [-0.2, 0) is 9.53 Å². The van der Waals surface area contributed by atoms with Crippen LogP contribution in [-0.4, -0.2) is 17.6 Å². The molecule has 0 unspecified atom stereocenters. The minimum Gasteiger partial charge on any atom is -0.466 e. The third-order valence-corrected chi connectivity index (χ3v) is 7.62. The molecule has 0 spiro atoms. The molecule has 7 heteroatoms. The molecule has 1 atom stereocenters. The summed E-state index contributed by atoms with van der Waals surface area (Å²) in [6.07, 6.45) is 1.79. The van der Waals surface area contributed by atoms with Crippen molar-refractivity contribution in [2.24, 2.45) is 5.73 Å². The van der Waals surface area contributed by atoms with Gasteiger partial charge in [-0.2, -0.15) is 5.26 Å². The summed E-state index contributed by atoms with van der Waals surface area (Å²) in [5, 5.41) is 10.2. The summed E-state index contributed by atoms with van der Waals surface area (Å²) < 4.78 is 7.16. The highest BCUT2D eigenvalue weighted by atomic mass is 32.1. The molecule has 2 N–H and O–H groups in total. The van der Waals surface area contributed by atoms with Crippen molar-refractivity contribution < 1.29 is 9.53 Å². The van der Waals surface area contributed by atoms with Crippen LogP contribution in [0.5, 0.6) is 0 Å². The fourth-order valence-corrected chi connectivity index (χ4v) is 5.53. The molecule has 1 aromatic heterocycles. The fourth-order valence-electron chi connectivity index (χ4n) is 4.40. The third-order valence-electron chi connectivity index (χ3n) is 6.51. The summed E-state index contributed by atoms with van der Waals surface area (Å²) in [7, 11) is 1.26. The van der Waals surface area contributed by atoms with Gasteiger partial charge in [0.15, 0.2) is 0 Å². The molecule has 0 aliphatic carbocycles. The molecule has 2 aromatic carbocycles. The maximum atomic E-state index is 13.4. The zero-order valence-corrected chi connectivity index (χ0v) is 21.8. The second-order valence-corrected chi connectivity index (χ2v) is 10.5. The summed E-state index contributed by atoms with van der Waals surface area (Å²) in [4.78, 5) is 26.3. The van der Waals surface area contributed by atoms with Gasteiger partial charge in [0.05, 0.1) is 34.8 Å². The molecule has 1 aliphatic heterocycles. The second kappa shape index (κ2) is 10.00. The molecular weight excluding hydrogens is 470 g/mol. The average molecular weight is 500 g/mol. The number of hydrogen-bond acceptors (Lipinski definition) is 6. The van der Waals surface area contributed by atoms with E-state index in [-0.39, 0.29) is 17.0 Å². The lowest BCUT2D eigenvalue weighted by Crippen LogP contribution is -2.40. The van der Waals surface area contributed by atoms with Crippen molar-refractivity contribution in [2.45, 2.75) is 45.4 Å². The zero-order chi connectivity index (χ0) is 26.1. The second-order valence-electron chi connectivity index (χ2n) is 9.45. The number of fused-ring (bicyclic) bond motifs is 1. The van der Waals surface area contributed by atoms with Crippen LogP contribution in [0, 0.1) is 11.3 Å². The maximum Gasteiger partial charge on any atom is 0.338 e. The standard InChI is InChI=1S/C29H29N3O3S/c1-16(2)19-8-6-18(7-9-19)14-23-27(33)32-26(31)25(29(34)35-5)24(22(15-30)28(32)36-23)21-12-10-20(11-13-21)17(3)4/h6-14,16-17,24H,31H2,1-5H3/b23-14+/t24-/m1/s1. The van der Waals surface area contributed by atoms with Crippen molar-refractivity contribution >= 4 is 34.8 Å². The van der Waals surface area contributed by atoms with Gasteiger partial charge in [-0.25, -0.2) is 4.79 Å². The molecule has 0 fully saturated rings. The Morgan fingerprint density at radius 2 is 1.61 bits per heavy atom. The highest BCUT2D eigenvalue weighted by Crippen LogP contribution is 2.37. The molecule has 0 saturated carbocycles. The Kier molecular flexibility index (Phi) is 7.00. The Labute approximate surface area is 214 Å². The first-order valence-electron chi connectivity index (χ1n) is 11.8. The lowest BCUT2D eigenvalue weighted by molar-refractivity contribution is -0.136. The normalized spacial score (nSPS) is 15.9. The number of carbonyl (C=O) groups is 1. The number of nitrogens with zero attached hydrogens (tertiary/aromatic N) is 2. The van der Waals surface area contributed by atoms with Crippen LogP contribution in [0.15, 0.2) is 58.9 Å². The molecule has 4 rings (SSSR count). The molecule has 0 amide bonds. The molecule has 0 bridgehead atoms. The summed E-state index contributed by atoms with van der Waals surface area (Å²) in [5.74, 6) is -0.679. The summed E-state index contributed by atoms with van der Waals surface area (Å²) in [5.41, 5.74) is 10.4. The Morgan fingerprint density at radius 3 is 2.11 bits per heavy atom. The van der Waals surface area contributed by atoms with Crippen LogP contribution in [0.4, 0.5) is 0 Å². The Morgan fingerprint density at radius 1 is 1.06 bits per heavy atom. The van der Waals surface area contributed by atoms with E-state index in [1.165, 1.54) is 28.6 Å². The number of thiazole rings is 1. The van der Waals surface area contributed by atoms with Gasteiger partial charge in [0, 0.05) is 0 Å². The van der Waals surface area contributed by atoms with Gasteiger partial charge >= 0.3 is 5.97 Å². The Bertz CT molecular complexity index is 1560. The van der Waals surface area contributed by atoms with E-state index >= 15 is 0 Å². The average Bonchev–Trinajstić information content (AvgIpc) is 3.19. The first-order valence-corrected chi connectivity index (χ1v) is 12.7. The molecule has 0 saturated heterocycles. The number of ether oxygens (including phenoxy) is 1. The monoisotopic (exact) mass is 499 g/mol. The molecule has 2 heterocycles. The number of nitrogens with two attached hydrogens (primary N) is 1. The van der Waals surface area contributed by atoms with Gasteiger partial charge < -0.3 is 10.5 Å². The molecule has 184 valence electrons. The number of hydrogen-bond donors (Lipinski definition) is 1. The number of nitriles is 1. The fraction of sp³-hybridized carbons (Fsp3) is 0.276. The van der Waals surface area contributed by atoms with Crippen LogP contribution >= 0.6 is 11.3 Å². The van der Waals surface area contributed by atoms with E-state index in [0.29, 0.717) is 26.6 Å². The molecule has 36 heavy (non-hydrogen) atoms. The largest absolute Gasteiger partial charge is 0.466 e. The van der Waals surface area contributed by atoms with E-state index in [0.717, 1.165) is 16.7 Å². The van der Waals surface area contributed by atoms with Crippen LogP contribution in [0.1, 0.15) is 67.7 Å². The van der Waals surface area contributed by atoms with E-state index < -0.39 is 11.9 Å². The van der Waals surface area contributed by atoms with Crippen molar-refractivity contribution in [1.82, 2.24) is 4.57 Å². The van der Waals surface area contributed by atoms with E-state index in [2.05, 4.69) is 33.8 Å². The zero-order valence-electron chi connectivity index (χ0n) is 21.0. The van der Waals surface area contributed by atoms with Gasteiger partial charge in [0.1, 0.15) is 10.5 Å². The molecular formula is C29H29N3O3S. The van der Waals surface area contributed by atoms with Gasteiger partial charge in [0.2, 0.25) is 0 Å². The van der Waals surface area contributed by atoms with Crippen molar-refractivity contribution in [1.29, 1.82) is 5.26 Å². The first-order chi connectivity index (χ1) is 17.2. The van der Waals surface area contributed by atoms with E-state index in [9.17, 15) is 14.9 Å². The smallest absolute Gasteiger partial charge is 0.338 e. The van der Waals surface area contributed by atoms with Crippen molar-refractivity contribution in [2.75, 3.05) is 7.11 Å². The maximum absolute atomic E-state index is 13.4. The highest BCUT2D eigenvalue weighted by Gasteiger charge is 2.36. The van der Waals surface area contributed by atoms with E-state index in [4.69, 9.17) is 10.5 Å². The summed E-state index contributed by atoms with van der Waals surface area (Å²) in [6.45, 7) is 8.44. The lowest BCUT2D eigenvalue weighted by atomic mass is 9.83. The van der Waals surface area contributed by atoms with Crippen molar-refractivity contribution in [3.8, 4) is 6.07 Å².